The lowest BCUT2D eigenvalue weighted by molar-refractivity contribution is 0.0175. The molecule has 2 saturated heterocycles. The van der Waals surface area contributed by atoms with Gasteiger partial charge in [-0.05, 0) is 57.7 Å². The molecule has 1 aromatic rings. The summed E-state index contributed by atoms with van der Waals surface area (Å²) in [6.07, 6.45) is 5.60. The molecule has 4 heteroatoms. The van der Waals surface area contributed by atoms with Gasteiger partial charge in [-0.2, -0.15) is 0 Å². The Morgan fingerprint density at radius 1 is 1.21 bits per heavy atom. The van der Waals surface area contributed by atoms with Crippen molar-refractivity contribution in [2.24, 2.45) is 5.92 Å². The lowest BCUT2D eigenvalue weighted by atomic mass is 9.90. The Morgan fingerprint density at radius 3 is 2.79 bits per heavy atom. The van der Waals surface area contributed by atoms with Gasteiger partial charge in [0.05, 0.1) is 19.3 Å². The second-order valence-corrected chi connectivity index (χ2v) is 7.03. The number of nitrogens with zero attached hydrogens (tertiary/aromatic N) is 1. The fourth-order valence-corrected chi connectivity index (χ4v) is 3.83. The van der Waals surface area contributed by atoms with Gasteiger partial charge in [0.1, 0.15) is 5.75 Å². The predicted octanol–water partition coefficient (Wildman–Crippen LogP) is 3.07. The summed E-state index contributed by atoms with van der Waals surface area (Å²) in [7, 11) is 0. The summed E-state index contributed by atoms with van der Waals surface area (Å²) in [5, 5.41) is 3.43. The Hall–Kier alpha value is -1.10. The molecular formula is C20H32N2O2. The highest BCUT2D eigenvalue weighted by Gasteiger charge is 2.22. The fourth-order valence-electron chi connectivity index (χ4n) is 3.83. The zero-order valence-corrected chi connectivity index (χ0v) is 15.0. The third-order valence-corrected chi connectivity index (χ3v) is 5.27. The van der Waals surface area contributed by atoms with Crippen LogP contribution >= 0.6 is 0 Å². The smallest absolute Gasteiger partial charge is 0.123 e. The van der Waals surface area contributed by atoms with Crippen LogP contribution in [0, 0.1) is 5.92 Å². The van der Waals surface area contributed by atoms with Gasteiger partial charge >= 0.3 is 0 Å². The molecule has 0 saturated carbocycles. The van der Waals surface area contributed by atoms with Crippen molar-refractivity contribution >= 4 is 0 Å². The molecule has 2 fully saturated rings. The summed E-state index contributed by atoms with van der Waals surface area (Å²) in [4.78, 5) is 2.58. The summed E-state index contributed by atoms with van der Waals surface area (Å²) >= 11 is 0. The molecule has 0 bridgehead atoms. The molecule has 0 spiro atoms. The molecule has 0 aliphatic carbocycles. The summed E-state index contributed by atoms with van der Waals surface area (Å²) in [6.45, 7) is 9.13. The molecule has 1 aromatic carbocycles. The maximum atomic E-state index is 5.82. The molecule has 0 radical (unpaired) electrons. The van der Waals surface area contributed by atoms with Crippen LogP contribution < -0.4 is 10.1 Å². The number of rotatable bonds is 7. The van der Waals surface area contributed by atoms with Crippen molar-refractivity contribution in [1.82, 2.24) is 10.2 Å². The second kappa shape index (κ2) is 9.40. The van der Waals surface area contributed by atoms with Crippen molar-refractivity contribution in [2.75, 3.05) is 39.4 Å². The van der Waals surface area contributed by atoms with Crippen LogP contribution in [0.5, 0.6) is 5.75 Å². The van der Waals surface area contributed by atoms with Gasteiger partial charge in [0, 0.05) is 25.2 Å². The van der Waals surface area contributed by atoms with Crippen LogP contribution in [0.15, 0.2) is 24.3 Å². The molecule has 24 heavy (non-hydrogen) atoms. The normalized spacial score (nSPS) is 23.3. The van der Waals surface area contributed by atoms with Crippen molar-refractivity contribution in [1.29, 1.82) is 0 Å². The van der Waals surface area contributed by atoms with Crippen LogP contribution in [0.2, 0.25) is 0 Å². The van der Waals surface area contributed by atoms with Crippen molar-refractivity contribution in [2.45, 2.75) is 45.3 Å². The highest BCUT2D eigenvalue weighted by Crippen LogP contribution is 2.26. The van der Waals surface area contributed by atoms with E-state index in [-0.39, 0.29) is 0 Å². The summed E-state index contributed by atoms with van der Waals surface area (Å²) < 4.78 is 11.6. The number of hydrogen-bond acceptors (Lipinski definition) is 4. The number of morpholine rings is 1. The van der Waals surface area contributed by atoms with E-state index in [2.05, 4.69) is 34.5 Å². The van der Waals surface area contributed by atoms with Gasteiger partial charge in [0.25, 0.3) is 0 Å². The molecule has 1 atom stereocenters. The van der Waals surface area contributed by atoms with Gasteiger partial charge in [0.15, 0.2) is 0 Å². The maximum Gasteiger partial charge on any atom is 0.123 e. The highest BCUT2D eigenvalue weighted by atomic mass is 16.5. The van der Waals surface area contributed by atoms with E-state index in [1.807, 2.05) is 6.92 Å². The lowest BCUT2D eigenvalue weighted by Gasteiger charge is -2.33. The standard InChI is InChI=1S/C20H32N2O2/c1-2-23-20-6-4-3-5-18(20)16-22-12-9-17(10-13-22)7-8-19-15-21-11-14-24-19/h3-6,17,19,21H,2,7-16H2,1H3. The van der Waals surface area contributed by atoms with Crippen molar-refractivity contribution in [3.8, 4) is 5.75 Å². The largest absolute Gasteiger partial charge is 0.494 e. The van der Waals surface area contributed by atoms with Gasteiger partial charge in [-0.1, -0.05) is 18.2 Å². The SMILES string of the molecule is CCOc1ccccc1CN1CCC(CCC2CNCCO2)CC1. The topological polar surface area (TPSA) is 33.7 Å². The lowest BCUT2D eigenvalue weighted by Crippen LogP contribution is -2.39. The second-order valence-electron chi connectivity index (χ2n) is 7.03. The highest BCUT2D eigenvalue weighted by molar-refractivity contribution is 5.33. The maximum absolute atomic E-state index is 5.82. The number of para-hydroxylation sites is 1. The van der Waals surface area contributed by atoms with Crippen LogP contribution in [0.25, 0.3) is 0 Å². The number of nitrogens with one attached hydrogen (secondary N) is 1. The van der Waals surface area contributed by atoms with Crippen LogP contribution in [-0.2, 0) is 11.3 Å². The van der Waals surface area contributed by atoms with Crippen LogP contribution in [0.4, 0.5) is 0 Å². The number of likely N-dealkylation sites (tertiary alicyclic amines) is 1. The zero-order valence-electron chi connectivity index (χ0n) is 15.0. The number of ether oxygens (including phenoxy) is 2. The zero-order chi connectivity index (χ0) is 16.6. The van der Waals surface area contributed by atoms with Crippen molar-refractivity contribution in [3.63, 3.8) is 0 Å². The van der Waals surface area contributed by atoms with Crippen molar-refractivity contribution < 1.29 is 9.47 Å². The van der Waals surface area contributed by atoms with E-state index < -0.39 is 0 Å². The van der Waals surface area contributed by atoms with Crippen LogP contribution in [0.3, 0.4) is 0 Å². The third-order valence-electron chi connectivity index (χ3n) is 5.27. The molecule has 2 aliphatic heterocycles. The van der Waals surface area contributed by atoms with Gasteiger partial charge in [0.2, 0.25) is 0 Å². The molecule has 1 N–H and O–H groups in total. The summed E-state index contributed by atoms with van der Waals surface area (Å²) in [6, 6.07) is 8.46. The molecule has 0 amide bonds. The van der Waals surface area contributed by atoms with E-state index in [0.717, 1.165) is 44.5 Å². The van der Waals surface area contributed by atoms with Gasteiger partial charge in [-0.3, -0.25) is 4.90 Å². The van der Waals surface area contributed by atoms with Crippen molar-refractivity contribution in [3.05, 3.63) is 29.8 Å². The molecular weight excluding hydrogens is 300 g/mol. The Bertz CT molecular complexity index is 480. The van der Waals surface area contributed by atoms with E-state index in [4.69, 9.17) is 9.47 Å². The van der Waals surface area contributed by atoms with Gasteiger partial charge in [-0.25, -0.2) is 0 Å². The number of hydrogen-bond donors (Lipinski definition) is 1. The number of piperidine rings is 1. The molecule has 4 nitrogen and oxygen atoms in total. The molecule has 0 aromatic heterocycles. The minimum absolute atomic E-state index is 0.440. The summed E-state index contributed by atoms with van der Waals surface area (Å²) in [5.74, 6) is 1.91. The summed E-state index contributed by atoms with van der Waals surface area (Å²) in [5.41, 5.74) is 1.32. The van der Waals surface area contributed by atoms with E-state index in [1.165, 1.54) is 44.3 Å². The molecule has 134 valence electrons. The third kappa shape index (κ3) is 5.20. The minimum Gasteiger partial charge on any atom is -0.494 e. The first-order valence-electron chi connectivity index (χ1n) is 9.60. The van der Waals surface area contributed by atoms with Gasteiger partial charge in [-0.15, -0.1) is 0 Å². The fraction of sp³-hybridized carbons (Fsp3) is 0.700. The molecule has 3 rings (SSSR count). The average molecular weight is 332 g/mol. The first-order chi connectivity index (χ1) is 11.8. The van der Waals surface area contributed by atoms with E-state index in [9.17, 15) is 0 Å². The Balaban J connectivity index is 1.40. The molecule has 2 aliphatic rings. The quantitative estimate of drug-likeness (QED) is 0.832. The Labute approximate surface area is 146 Å². The van der Waals surface area contributed by atoms with E-state index >= 15 is 0 Å². The van der Waals surface area contributed by atoms with Crippen LogP contribution in [0.1, 0.15) is 38.2 Å². The van der Waals surface area contributed by atoms with E-state index in [1.54, 1.807) is 0 Å². The average Bonchev–Trinajstić information content (AvgIpc) is 2.64. The van der Waals surface area contributed by atoms with Gasteiger partial charge < -0.3 is 14.8 Å². The first-order valence-corrected chi connectivity index (χ1v) is 9.60. The molecule has 2 heterocycles. The van der Waals surface area contributed by atoms with Crippen LogP contribution in [-0.4, -0.2) is 50.4 Å². The van der Waals surface area contributed by atoms with E-state index in [0.29, 0.717) is 6.10 Å². The number of benzene rings is 1. The minimum atomic E-state index is 0.440. The Kier molecular flexibility index (Phi) is 6.94. The monoisotopic (exact) mass is 332 g/mol. The predicted molar refractivity (Wildman–Crippen MR) is 97.5 cm³/mol. The first kappa shape index (κ1) is 17.7. The molecule has 1 unspecified atom stereocenters. The Morgan fingerprint density at radius 2 is 2.04 bits per heavy atom.